The summed E-state index contributed by atoms with van der Waals surface area (Å²) in [5.41, 5.74) is 8.28. The molecule has 3 N–H and O–H groups in total. The molecule has 0 saturated heterocycles. The second-order valence-corrected chi connectivity index (χ2v) is 3.23. The number of carbonyl (C=O) groups excluding carboxylic acids is 1. The third-order valence-electron chi connectivity index (χ3n) is 2.01. The van der Waals surface area contributed by atoms with Crippen molar-refractivity contribution < 1.29 is 9.53 Å². The van der Waals surface area contributed by atoms with Crippen molar-refractivity contribution in [1.29, 1.82) is 0 Å². The van der Waals surface area contributed by atoms with E-state index in [0.29, 0.717) is 6.61 Å². The molecule has 0 heterocycles. The van der Waals surface area contributed by atoms with E-state index < -0.39 is 0 Å². The molecule has 0 amide bonds. The first kappa shape index (κ1) is 11.4. The van der Waals surface area contributed by atoms with Gasteiger partial charge in [-0.25, -0.2) is 0 Å². The lowest BCUT2D eigenvalue weighted by molar-refractivity contribution is -0.140. The fourth-order valence-electron chi connectivity index (χ4n) is 1.17. The standard InChI is InChI=1S/C11H16N2O2/c1-3-15-11(14)7-13-9-4-5-10(12)8(2)6-9/h4-6,13H,3,7,12H2,1-2H3. The van der Waals surface area contributed by atoms with Crippen molar-refractivity contribution in [3.63, 3.8) is 0 Å². The fraction of sp³-hybridized carbons (Fsp3) is 0.364. The lowest BCUT2D eigenvalue weighted by Gasteiger charge is -2.07. The van der Waals surface area contributed by atoms with Gasteiger partial charge in [-0.15, -0.1) is 0 Å². The molecule has 1 aromatic rings. The molecule has 0 aromatic heterocycles. The number of esters is 1. The summed E-state index contributed by atoms with van der Waals surface area (Å²) < 4.78 is 4.79. The van der Waals surface area contributed by atoms with Crippen molar-refractivity contribution in [2.24, 2.45) is 0 Å². The molecule has 4 heteroatoms. The SMILES string of the molecule is CCOC(=O)CNc1ccc(N)c(C)c1. The number of anilines is 2. The highest BCUT2D eigenvalue weighted by Crippen LogP contribution is 2.16. The van der Waals surface area contributed by atoms with E-state index in [0.717, 1.165) is 16.9 Å². The van der Waals surface area contributed by atoms with Crippen molar-refractivity contribution in [3.8, 4) is 0 Å². The highest BCUT2D eigenvalue weighted by molar-refractivity contribution is 5.75. The van der Waals surface area contributed by atoms with Gasteiger partial charge in [-0.3, -0.25) is 4.79 Å². The van der Waals surface area contributed by atoms with Gasteiger partial charge >= 0.3 is 5.97 Å². The Morgan fingerprint density at radius 3 is 2.87 bits per heavy atom. The van der Waals surface area contributed by atoms with Gasteiger partial charge in [0.2, 0.25) is 0 Å². The summed E-state index contributed by atoms with van der Waals surface area (Å²) in [6.45, 7) is 4.29. The molecule has 1 rings (SSSR count). The number of ether oxygens (including phenoxy) is 1. The number of hydrogen-bond acceptors (Lipinski definition) is 4. The topological polar surface area (TPSA) is 64.3 Å². The second kappa shape index (κ2) is 5.24. The van der Waals surface area contributed by atoms with Crippen LogP contribution >= 0.6 is 0 Å². The van der Waals surface area contributed by atoms with E-state index in [9.17, 15) is 4.79 Å². The number of nitrogens with one attached hydrogen (secondary N) is 1. The minimum atomic E-state index is -0.257. The van der Waals surface area contributed by atoms with E-state index in [1.165, 1.54) is 0 Å². The van der Waals surface area contributed by atoms with E-state index in [4.69, 9.17) is 10.5 Å². The number of aryl methyl sites for hydroxylation is 1. The smallest absolute Gasteiger partial charge is 0.325 e. The minimum Gasteiger partial charge on any atom is -0.465 e. The van der Waals surface area contributed by atoms with Crippen LogP contribution in [0.15, 0.2) is 18.2 Å². The Kier molecular flexibility index (Phi) is 3.97. The number of hydrogen-bond donors (Lipinski definition) is 2. The third-order valence-corrected chi connectivity index (χ3v) is 2.01. The van der Waals surface area contributed by atoms with E-state index in [1.54, 1.807) is 6.92 Å². The van der Waals surface area contributed by atoms with Crippen LogP contribution in [0.25, 0.3) is 0 Å². The monoisotopic (exact) mass is 208 g/mol. The van der Waals surface area contributed by atoms with Crippen LogP contribution in [0.1, 0.15) is 12.5 Å². The molecule has 15 heavy (non-hydrogen) atoms. The Morgan fingerprint density at radius 1 is 1.53 bits per heavy atom. The molecule has 1 aromatic carbocycles. The van der Waals surface area contributed by atoms with E-state index in [-0.39, 0.29) is 12.5 Å². The van der Waals surface area contributed by atoms with Gasteiger partial charge in [0.05, 0.1) is 6.61 Å². The number of nitrogens with two attached hydrogens (primary N) is 1. The van der Waals surface area contributed by atoms with Crippen molar-refractivity contribution in [2.75, 3.05) is 24.2 Å². The summed E-state index contributed by atoms with van der Waals surface area (Å²) in [7, 11) is 0. The molecule has 0 radical (unpaired) electrons. The van der Waals surface area contributed by atoms with Crippen molar-refractivity contribution in [2.45, 2.75) is 13.8 Å². The molecule has 0 unspecified atom stereocenters. The highest BCUT2D eigenvalue weighted by Gasteiger charge is 2.01. The van der Waals surface area contributed by atoms with Crippen LogP contribution in [-0.2, 0) is 9.53 Å². The Hall–Kier alpha value is -1.71. The average Bonchev–Trinajstić information content (AvgIpc) is 2.20. The van der Waals surface area contributed by atoms with Crippen molar-refractivity contribution in [3.05, 3.63) is 23.8 Å². The Labute approximate surface area is 89.4 Å². The maximum Gasteiger partial charge on any atom is 0.325 e. The number of benzene rings is 1. The van der Waals surface area contributed by atoms with Crippen molar-refractivity contribution in [1.82, 2.24) is 0 Å². The molecule has 0 atom stereocenters. The molecule has 4 nitrogen and oxygen atoms in total. The first-order valence-electron chi connectivity index (χ1n) is 4.89. The zero-order chi connectivity index (χ0) is 11.3. The molecular weight excluding hydrogens is 192 g/mol. The van der Waals surface area contributed by atoms with E-state index in [1.807, 2.05) is 25.1 Å². The van der Waals surface area contributed by atoms with Crippen LogP contribution in [0, 0.1) is 6.92 Å². The Morgan fingerprint density at radius 2 is 2.27 bits per heavy atom. The van der Waals surface area contributed by atoms with Gasteiger partial charge in [-0.1, -0.05) is 0 Å². The summed E-state index contributed by atoms with van der Waals surface area (Å²) in [4.78, 5) is 11.1. The molecule has 0 aliphatic heterocycles. The predicted molar refractivity (Wildman–Crippen MR) is 60.7 cm³/mol. The quantitative estimate of drug-likeness (QED) is 0.582. The molecule has 0 aliphatic rings. The zero-order valence-corrected chi connectivity index (χ0v) is 9.04. The predicted octanol–water partition coefficient (Wildman–Crippen LogP) is 1.55. The van der Waals surface area contributed by atoms with Gasteiger partial charge in [0.25, 0.3) is 0 Å². The van der Waals surface area contributed by atoms with Gasteiger partial charge < -0.3 is 15.8 Å². The maximum atomic E-state index is 11.1. The van der Waals surface area contributed by atoms with Crippen molar-refractivity contribution >= 4 is 17.3 Å². The molecule has 0 bridgehead atoms. The van der Waals surface area contributed by atoms with Gasteiger partial charge in [-0.2, -0.15) is 0 Å². The van der Waals surface area contributed by atoms with Gasteiger partial charge in [0.1, 0.15) is 6.54 Å². The second-order valence-electron chi connectivity index (χ2n) is 3.23. The molecule has 0 fully saturated rings. The Bertz CT molecular complexity index is 350. The summed E-state index contributed by atoms with van der Waals surface area (Å²) in [6.07, 6.45) is 0. The number of rotatable bonds is 4. The van der Waals surface area contributed by atoms with Gasteiger partial charge in [0, 0.05) is 11.4 Å². The van der Waals surface area contributed by atoms with Crippen LogP contribution in [0.3, 0.4) is 0 Å². The molecule has 0 spiro atoms. The lowest BCUT2D eigenvalue weighted by atomic mass is 10.2. The first-order chi connectivity index (χ1) is 7.13. The summed E-state index contributed by atoms with van der Waals surface area (Å²) in [5, 5.41) is 2.97. The van der Waals surface area contributed by atoms with Crippen LogP contribution in [0.5, 0.6) is 0 Å². The Balaban J connectivity index is 2.51. The average molecular weight is 208 g/mol. The van der Waals surface area contributed by atoms with E-state index in [2.05, 4.69) is 5.32 Å². The largest absolute Gasteiger partial charge is 0.465 e. The zero-order valence-electron chi connectivity index (χ0n) is 9.04. The molecule has 0 aliphatic carbocycles. The van der Waals surface area contributed by atoms with Crippen LogP contribution in [0.2, 0.25) is 0 Å². The fourth-order valence-corrected chi connectivity index (χ4v) is 1.17. The van der Waals surface area contributed by atoms with Crippen LogP contribution in [-0.4, -0.2) is 19.1 Å². The van der Waals surface area contributed by atoms with E-state index >= 15 is 0 Å². The first-order valence-corrected chi connectivity index (χ1v) is 4.89. The molecule has 0 saturated carbocycles. The normalized spacial score (nSPS) is 9.73. The lowest BCUT2D eigenvalue weighted by Crippen LogP contribution is -2.16. The summed E-state index contributed by atoms with van der Waals surface area (Å²) >= 11 is 0. The summed E-state index contributed by atoms with van der Waals surface area (Å²) in [5.74, 6) is -0.257. The number of nitrogen functional groups attached to an aromatic ring is 1. The van der Waals surface area contributed by atoms with Crippen LogP contribution < -0.4 is 11.1 Å². The number of carbonyl (C=O) groups is 1. The maximum absolute atomic E-state index is 11.1. The highest BCUT2D eigenvalue weighted by atomic mass is 16.5. The van der Waals surface area contributed by atoms with Gasteiger partial charge in [0.15, 0.2) is 0 Å². The third kappa shape index (κ3) is 3.50. The molecular formula is C11H16N2O2. The van der Waals surface area contributed by atoms with Gasteiger partial charge in [-0.05, 0) is 37.6 Å². The summed E-state index contributed by atoms with van der Waals surface area (Å²) in [6, 6.07) is 5.54. The van der Waals surface area contributed by atoms with Crippen LogP contribution in [0.4, 0.5) is 11.4 Å². The minimum absolute atomic E-state index is 0.178. The molecule has 82 valence electrons.